The summed E-state index contributed by atoms with van der Waals surface area (Å²) in [5, 5.41) is 20.3. The van der Waals surface area contributed by atoms with Crippen molar-refractivity contribution in [1.82, 2.24) is 0 Å². The van der Waals surface area contributed by atoms with Gasteiger partial charge >= 0.3 is 0 Å². The average Bonchev–Trinajstić information content (AvgIpc) is 2.46. The van der Waals surface area contributed by atoms with Crippen LogP contribution in [0.5, 0.6) is 0 Å². The Kier molecular flexibility index (Phi) is 4.72. The average molecular weight is 377 g/mol. The summed E-state index contributed by atoms with van der Waals surface area (Å²) >= 11 is 11.7. The van der Waals surface area contributed by atoms with Crippen molar-refractivity contribution in [2.45, 2.75) is 0 Å². The number of hydrogen-bond acceptors (Lipinski definition) is 5. The molecule has 0 aliphatic carbocycles. The van der Waals surface area contributed by atoms with Crippen molar-refractivity contribution in [3.05, 3.63) is 66.7 Å². The molecule has 8 nitrogen and oxygen atoms in total. The molecule has 1 N–H and O–H groups in total. The van der Waals surface area contributed by atoms with Crippen molar-refractivity contribution in [2.24, 2.45) is 0 Å². The van der Waals surface area contributed by atoms with Crippen molar-refractivity contribution in [3.63, 3.8) is 0 Å². The van der Waals surface area contributed by atoms with Gasteiger partial charge in [-0.1, -0.05) is 23.2 Å². The zero-order valence-corrected chi connectivity index (χ0v) is 13.5. The molecule has 0 aliphatic heterocycles. The topological polar surface area (TPSA) is 124 Å². The van der Waals surface area contributed by atoms with E-state index in [4.69, 9.17) is 23.2 Å². The van der Waals surface area contributed by atoms with Crippen molar-refractivity contribution in [2.75, 3.05) is 0 Å². The minimum Gasteiger partial charge on any atom is -0.338 e. The summed E-state index contributed by atoms with van der Waals surface area (Å²) in [6.07, 6.45) is 0. The van der Waals surface area contributed by atoms with E-state index in [1.165, 1.54) is 0 Å². The van der Waals surface area contributed by atoms with Gasteiger partial charge in [0.15, 0.2) is 0 Å². The molecule has 0 heterocycles. The molecule has 0 bridgehead atoms. The van der Waals surface area contributed by atoms with E-state index in [2.05, 4.69) is 0 Å². The molecule has 0 fully saturated rings. The van der Waals surface area contributed by atoms with Crippen LogP contribution in [0, 0.1) is 20.2 Å². The molecule has 0 saturated heterocycles. The summed E-state index contributed by atoms with van der Waals surface area (Å²) in [4.78, 5) is 30.3. The Balaban J connectivity index is 2.56. The van der Waals surface area contributed by atoms with Crippen LogP contribution in [0.2, 0.25) is 10.0 Å². The van der Waals surface area contributed by atoms with E-state index in [1.807, 2.05) is 0 Å². The Bertz CT molecular complexity index is 805. The van der Waals surface area contributed by atoms with Gasteiger partial charge in [-0.2, -0.15) is 0 Å². The molecule has 0 spiro atoms. The Morgan fingerprint density at radius 1 is 0.870 bits per heavy atom. The quantitative estimate of drug-likeness (QED) is 0.496. The van der Waals surface area contributed by atoms with Crippen LogP contribution < -0.4 is 10.6 Å². The first-order chi connectivity index (χ1) is 10.6. The van der Waals surface area contributed by atoms with Gasteiger partial charge in [-0.15, -0.1) is 0 Å². The first-order valence-corrected chi connectivity index (χ1v) is 8.28. The van der Waals surface area contributed by atoms with Crippen LogP contribution in [0.4, 0.5) is 11.4 Å². The minimum absolute atomic E-state index is 0.250. The second-order valence-corrected chi connectivity index (χ2v) is 7.29. The number of benzene rings is 2. The van der Waals surface area contributed by atoms with Gasteiger partial charge in [0.1, 0.15) is 0 Å². The van der Waals surface area contributed by atoms with Crippen LogP contribution in [-0.2, 0) is 4.57 Å². The highest BCUT2D eigenvalue weighted by molar-refractivity contribution is 7.74. The van der Waals surface area contributed by atoms with Crippen LogP contribution in [0.25, 0.3) is 0 Å². The van der Waals surface area contributed by atoms with Crippen molar-refractivity contribution >= 4 is 52.6 Å². The molecule has 11 heteroatoms. The number of nitro groups is 2. The lowest BCUT2D eigenvalue weighted by atomic mass is 10.3. The number of rotatable bonds is 4. The Morgan fingerprint density at radius 2 is 1.22 bits per heavy atom. The molecular formula is C12H7Cl2N2O6P. The highest BCUT2D eigenvalue weighted by atomic mass is 35.5. The molecule has 0 aliphatic rings. The third kappa shape index (κ3) is 3.35. The van der Waals surface area contributed by atoms with Gasteiger partial charge in [0, 0.05) is 24.3 Å². The largest absolute Gasteiger partial charge is 0.338 e. The standard InChI is InChI=1S/C12H7Cl2N2O6P/c13-9-5-7(15(17)18)1-3-11(9)23(21,22)12-4-2-8(16(19)20)6-10(12)14/h1-6H,(H,21,22). The molecule has 0 aromatic heterocycles. The fourth-order valence-corrected chi connectivity index (χ4v) is 4.40. The molecular weight excluding hydrogens is 370 g/mol. The van der Waals surface area contributed by atoms with E-state index in [1.54, 1.807) is 0 Å². The van der Waals surface area contributed by atoms with Crippen molar-refractivity contribution < 1.29 is 19.3 Å². The SMILES string of the molecule is O=[N+]([O-])c1ccc(P(=O)(O)c2ccc([N+](=O)[O-])cc2Cl)c(Cl)c1. The van der Waals surface area contributed by atoms with Gasteiger partial charge in [0.25, 0.3) is 18.7 Å². The first kappa shape index (κ1) is 17.4. The Hall–Kier alpha value is -1.99. The molecule has 0 unspecified atom stereocenters. The Labute approximate surface area is 139 Å². The number of halogens is 2. The van der Waals surface area contributed by atoms with E-state index in [9.17, 15) is 29.7 Å². The molecule has 2 rings (SSSR count). The molecule has 2 aromatic carbocycles. The maximum atomic E-state index is 12.7. The highest BCUT2D eigenvalue weighted by Gasteiger charge is 2.31. The molecule has 120 valence electrons. The summed E-state index contributed by atoms with van der Waals surface area (Å²) in [5.74, 6) is 0. The number of nitro benzene ring substituents is 2. The van der Waals surface area contributed by atoms with E-state index in [0.717, 1.165) is 36.4 Å². The molecule has 0 radical (unpaired) electrons. The smallest absolute Gasteiger partial charge is 0.270 e. The third-order valence-electron chi connectivity index (χ3n) is 2.94. The number of non-ortho nitro benzene ring substituents is 2. The van der Waals surface area contributed by atoms with E-state index in [0.29, 0.717) is 0 Å². The van der Waals surface area contributed by atoms with Crippen molar-refractivity contribution in [1.29, 1.82) is 0 Å². The van der Waals surface area contributed by atoms with Crippen LogP contribution in [0.15, 0.2) is 36.4 Å². The normalized spacial score (nSPS) is 11.3. The zero-order valence-electron chi connectivity index (χ0n) is 11.1. The summed E-state index contributed by atoms with van der Waals surface area (Å²) in [7, 11) is -4.28. The second-order valence-electron chi connectivity index (χ2n) is 4.36. The predicted molar refractivity (Wildman–Crippen MR) is 85.3 cm³/mol. The molecule has 0 atom stereocenters. The van der Waals surface area contributed by atoms with Crippen LogP contribution in [-0.4, -0.2) is 14.7 Å². The summed E-state index contributed by atoms with van der Waals surface area (Å²) in [5.41, 5.74) is -0.679. The van der Waals surface area contributed by atoms with Gasteiger partial charge in [-0.05, 0) is 12.1 Å². The van der Waals surface area contributed by atoms with Gasteiger partial charge in [-0.3, -0.25) is 24.8 Å². The maximum absolute atomic E-state index is 12.7. The maximum Gasteiger partial charge on any atom is 0.270 e. The lowest BCUT2D eigenvalue weighted by Gasteiger charge is -2.14. The zero-order chi connectivity index (χ0) is 17.4. The highest BCUT2D eigenvalue weighted by Crippen LogP contribution is 2.43. The monoisotopic (exact) mass is 376 g/mol. The summed E-state index contributed by atoms with van der Waals surface area (Å²) < 4.78 is 12.7. The van der Waals surface area contributed by atoms with Gasteiger partial charge < -0.3 is 4.89 Å². The number of nitrogens with zero attached hydrogens (tertiary/aromatic N) is 2. The van der Waals surface area contributed by atoms with Crippen molar-refractivity contribution in [3.8, 4) is 0 Å². The molecule has 0 amide bonds. The lowest BCUT2D eigenvalue weighted by molar-refractivity contribution is -0.385. The molecule has 0 saturated carbocycles. The van der Waals surface area contributed by atoms with Crippen LogP contribution in [0.3, 0.4) is 0 Å². The first-order valence-electron chi connectivity index (χ1n) is 5.86. The summed E-state index contributed by atoms with van der Waals surface area (Å²) in [6, 6.07) is 6.06. The van der Waals surface area contributed by atoms with Crippen LogP contribution in [0.1, 0.15) is 0 Å². The number of hydrogen-bond donors (Lipinski definition) is 1. The van der Waals surface area contributed by atoms with E-state index >= 15 is 0 Å². The predicted octanol–water partition coefficient (Wildman–Crippen LogP) is 3.03. The second kappa shape index (κ2) is 6.25. The molecule has 2 aromatic rings. The van der Waals surface area contributed by atoms with Crippen LogP contribution >= 0.6 is 30.6 Å². The van der Waals surface area contributed by atoms with Gasteiger partial charge in [-0.25, -0.2) is 0 Å². The molecule has 23 heavy (non-hydrogen) atoms. The fourth-order valence-electron chi connectivity index (χ4n) is 1.84. The minimum atomic E-state index is -4.28. The summed E-state index contributed by atoms with van der Waals surface area (Å²) in [6.45, 7) is 0. The van der Waals surface area contributed by atoms with Gasteiger partial charge in [0.2, 0.25) is 0 Å². The fraction of sp³-hybridized carbons (Fsp3) is 0. The third-order valence-corrected chi connectivity index (χ3v) is 5.91. The van der Waals surface area contributed by atoms with Gasteiger partial charge in [0.05, 0.1) is 30.5 Å². The Morgan fingerprint density at radius 3 is 1.48 bits per heavy atom. The van der Waals surface area contributed by atoms with E-state index < -0.39 is 17.2 Å². The lowest BCUT2D eigenvalue weighted by Crippen LogP contribution is -2.18. The van der Waals surface area contributed by atoms with E-state index in [-0.39, 0.29) is 32.0 Å².